The third-order valence-electron chi connectivity index (χ3n) is 2.26. The maximum atomic E-state index is 11.0. The Morgan fingerprint density at radius 3 is 2.50 bits per heavy atom. The van der Waals surface area contributed by atoms with E-state index in [9.17, 15) is 4.79 Å². The van der Waals surface area contributed by atoms with Crippen LogP contribution in [0.25, 0.3) is 0 Å². The van der Waals surface area contributed by atoms with E-state index in [2.05, 4.69) is 0 Å². The fraction of sp³-hybridized carbons (Fsp3) is 0.182. The molecule has 2 N–H and O–H groups in total. The van der Waals surface area contributed by atoms with E-state index >= 15 is 0 Å². The Kier molecular flexibility index (Phi) is 2.23. The number of ketones is 1. The van der Waals surface area contributed by atoms with Gasteiger partial charge in [-0.3, -0.25) is 4.79 Å². The number of nitrogens with two attached hydrogens (primary N) is 1. The van der Waals surface area contributed by atoms with Crippen molar-refractivity contribution in [3.63, 3.8) is 0 Å². The summed E-state index contributed by atoms with van der Waals surface area (Å²) >= 11 is 0. The van der Waals surface area contributed by atoms with Crippen LogP contribution in [0.5, 0.6) is 0 Å². The quantitative estimate of drug-likeness (QED) is 0.680. The molecule has 1 aliphatic heterocycles. The first-order valence-electron chi connectivity index (χ1n) is 4.59. The van der Waals surface area contributed by atoms with Crippen LogP contribution in [0.2, 0.25) is 0 Å². The predicted molar refractivity (Wildman–Crippen MR) is 57.0 cm³/mol. The van der Waals surface area contributed by atoms with E-state index in [-0.39, 0.29) is 5.78 Å². The Balaban J connectivity index is 2.20. The SMILES string of the molecule is Nc1ccc(N2C=CC(=O)CC2)cc1. The van der Waals surface area contributed by atoms with Gasteiger partial charge in [-0.25, -0.2) is 0 Å². The summed E-state index contributed by atoms with van der Waals surface area (Å²) in [5.41, 5.74) is 7.42. The zero-order chi connectivity index (χ0) is 9.97. The zero-order valence-electron chi connectivity index (χ0n) is 7.81. The minimum atomic E-state index is 0.191. The van der Waals surface area contributed by atoms with Crippen molar-refractivity contribution in [1.82, 2.24) is 0 Å². The molecule has 0 bridgehead atoms. The van der Waals surface area contributed by atoms with Gasteiger partial charge in [-0.1, -0.05) is 0 Å². The smallest absolute Gasteiger partial charge is 0.158 e. The standard InChI is InChI=1S/C11H12N2O/c12-9-1-3-10(4-2-9)13-7-5-11(14)6-8-13/h1-5,7H,6,8,12H2. The van der Waals surface area contributed by atoms with Gasteiger partial charge < -0.3 is 10.6 Å². The largest absolute Gasteiger partial charge is 0.399 e. The second kappa shape index (κ2) is 3.54. The third kappa shape index (κ3) is 1.76. The van der Waals surface area contributed by atoms with Crippen molar-refractivity contribution in [2.45, 2.75) is 6.42 Å². The molecule has 72 valence electrons. The van der Waals surface area contributed by atoms with Crippen molar-refractivity contribution in [2.75, 3.05) is 17.2 Å². The molecule has 14 heavy (non-hydrogen) atoms. The molecule has 1 heterocycles. The molecule has 1 aromatic rings. The van der Waals surface area contributed by atoms with Crippen molar-refractivity contribution < 1.29 is 4.79 Å². The molecule has 2 rings (SSSR count). The summed E-state index contributed by atoms with van der Waals surface area (Å²) in [7, 11) is 0. The molecule has 3 heteroatoms. The Hall–Kier alpha value is -1.77. The molecule has 0 saturated carbocycles. The number of carbonyl (C=O) groups excluding carboxylic acids is 1. The number of carbonyl (C=O) groups is 1. The molecular formula is C11H12N2O. The Labute approximate surface area is 82.8 Å². The maximum Gasteiger partial charge on any atom is 0.158 e. The van der Waals surface area contributed by atoms with E-state index in [1.807, 2.05) is 35.4 Å². The molecule has 0 aromatic heterocycles. The molecule has 0 spiro atoms. The van der Waals surface area contributed by atoms with Crippen LogP contribution in [0.4, 0.5) is 11.4 Å². The van der Waals surface area contributed by atoms with E-state index in [4.69, 9.17) is 5.73 Å². The summed E-state index contributed by atoms with van der Waals surface area (Å²) in [6.07, 6.45) is 4.01. The molecule has 1 aliphatic rings. The molecule has 0 fully saturated rings. The van der Waals surface area contributed by atoms with Gasteiger partial charge in [0.25, 0.3) is 0 Å². The first kappa shape index (κ1) is 8.81. The van der Waals surface area contributed by atoms with E-state index in [0.29, 0.717) is 6.42 Å². The second-order valence-corrected chi connectivity index (χ2v) is 3.32. The van der Waals surface area contributed by atoms with E-state index in [1.165, 1.54) is 0 Å². The summed E-state index contributed by atoms with van der Waals surface area (Å²) in [6.45, 7) is 0.749. The number of anilines is 2. The van der Waals surface area contributed by atoms with Crippen molar-refractivity contribution >= 4 is 17.2 Å². The van der Waals surface area contributed by atoms with E-state index < -0.39 is 0 Å². The van der Waals surface area contributed by atoms with Gasteiger partial charge in [-0.05, 0) is 30.3 Å². The number of nitrogen functional groups attached to an aromatic ring is 1. The van der Waals surface area contributed by atoms with Gasteiger partial charge in [-0.2, -0.15) is 0 Å². The highest BCUT2D eigenvalue weighted by molar-refractivity contribution is 5.91. The molecule has 1 aromatic carbocycles. The number of rotatable bonds is 1. The molecule has 0 atom stereocenters. The highest BCUT2D eigenvalue weighted by Gasteiger charge is 2.10. The second-order valence-electron chi connectivity index (χ2n) is 3.32. The Bertz CT molecular complexity index is 367. The highest BCUT2D eigenvalue weighted by atomic mass is 16.1. The lowest BCUT2D eigenvalue weighted by molar-refractivity contribution is -0.114. The van der Waals surface area contributed by atoms with E-state index in [1.54, 1.807) is 6.08 Å². The summed E-state index contributed by atoms with van der Waals surface area (Å²) in [6, 6.07) is 7.63. The molecule has 0 amide bonds. The normalized spacial score (nSPS) is 16.0. The van der Waals surface area contributed by atoms with Crippen molar-refractivity contribution in [3.8, 4) is 0 Å². The average Bonchev–Trinajstić information content (AvgIpc) is 2.21. The monoisotopic (exact) mass is 188 g/mol. The molecule has 0 unspecified atom stereocenters. The molecule has 0 radical (unpaired) electrons. The maximum absolute atomic E-state index is 11.0. The number of hydrogen-bond acceptors (Lipinski definition) is 3. The summed E-state index contributed by atoms with van der Waals surface area (Å²) in [5, 5.41) is 0. The van der Waals surface area contributed by atoms with Crippen molar-refractivity contribution in [3.05, 3.63) is 36.5 Å². The first-order chi connectivity index (χ1) is 6.75. The van der Waals surface area contributed by atoms with Gasteiger partial charge in [0.15, 0.2) is 5.78 Å². The van der Waals surface area contributed by atoms with E-state index in [0.717, 1.165) is 17.9 Å². The number of hydrogen-bond donors (Lipinski definition) is 1. The molecular weight excluding hydrogens is 176 g/mol. The lowest BCUT2D eigenvalue weighted by Crippen LogP contribution is -2.23. The lowest BCUT2D eigenvalue weighted by atomic mass is 10.2. The molecule has 0 saturated heterocycles. The predicted octanol–water partition coefficient (Wildman–Crippen LogP) is 1.56. The van der Waals surface area contributed by atoms with Crippen LogP contribution < -0.4 is 10.6 Å². The van der Waals surface area contributed by atoms with Crippen molar-refractivity contribution in [1.29, 1.82) is 0 Å². The average molecular weight is 188 g/mol. The van der Waals surface area contributed by atoms with Gasteiger partial charge in [-0.15, -0.1) is 0 Å². The summed E-state index contributed by atoms with van der Waals surface area (Å²) < 4.78 is 0. The lowest BCUT2D eigenvalue weighted by Gasteiger charge is -2.22. The van der Waals surface area contributed by atoms with Gasteiger partial charge in [0.1, 0.15) is 0 Å². The van der Waals surface area contributed by atoms with Crippen LogP contribution in [0.3, 0.4) is 0 Å². The first-order valence-corrected chi connectivity index (χ1v) is 4.59. The summed E-state index contributed by atoms with van der Waals surface area (Å²) in [4.78, 5) is 13.0. The Morgan fingerprint density at radius 2 is 1.93 bits per heavy atom. The highest BCUT2D eigenvalue weighted by Crippen LogP contribution is 2.18. The van der Waals surface area contributed by atoms with Gasteiger partial charge >= 0.3 is 0 Å². The zero-order valence-corrected chi connectivity index (χ0v) is 7.81. The van der Waals surface area contributed by atoms with Gasteiger partial charge in [0, 0.05) is 30.5 Å². The van der Waals surface area contributed by atoms with Crippen LogP contribution in [-0.4, -0.2) is 12.3 Å². The molecule has 3 nitrogen and oxygen atoms in total. The Morgan fingerprint density at radius 1 is 1.21 bits per heavy atom. The number of nitrogens with zero attached hydrogens (tertiary/aromatic N) is 1. The number of allylic oxidation sites excluding steroid dienone is 1. The van der Waals surface area contributed by atoms with Crippen LogP contribution >= 0.6 is 0 Å². The topological polar surface area (TPSA) is 46.3 Å². The molecule has 0 aliphatic carbocycles. The fourth-order valence-corrected chi connectivity index (χ4v) is 1.44. The van der Waals surface area contributed by atoms with Gasteiger partial charge in [0.05, 0.1) is 0 Å². The number of benzene rings is 1. The van der Waals surface area contributed by atoms with Crippen LogP contribution in [-0.2, 0) is 4.79 Å². The van der Waals surface area contributed by atoms with Crippen LogP contribution in [0.15, 0.2) is 36.5 Å². The van der Waals surface area contributed by atoms with Crippen molar-refractivity contribution in [2.24, 2.45) is 0 Å². The fourth-order valence-electron chi connectivity index (χ4n) is 1.44. The van der Waals surface area contributed by atoms with Crippen LogP contribution in [0, 0.1) is 0 Å². The minimum absolute atomic E-state index is 0.191. The third-order valence-corrected chi connectivity index (χ3v) is 2.26. The van der Waals surface area contributed by atoms with Crippen LogP contribution in [0.1, 0.15) is 6.42 Å². The summed E-state index contributed by atoms with van der Waals surface area (Å²) in [5.74, 6) is 0.191. The van der Waals surface area contributed by atoms with Gasteiger partial charge in [0.2, 0.25) is 0 Å². The minimum Gasteiger partial charge on any atom is -0.399 e.